The first-order valence-corrected chi connectivity index (χ1v) is 11.3. The van der Waals surface area contributed by atoms with Crippen molar-refractivity contribution in [3.05, 3.63) is 117 Å². The molecule has 5 aromatic rings. The smallest absolute Gasteiger partial charge is 0.330 e. The number of aliphatic hydroxyl groups excluding tert-OH is 1. The Balaban J connectivity index is 1.59. The van der Waals surface area contributed by atoms with Crippen molar-refractivity contribution >= 4 is 11.2 Å². The molecule has 0 unspecified atom stereocenters. The van der Waals surface area contributed by atoms with Crippen molar-refractivity contribution in [1.82, 2.24) is 19.1 Å². The molecule has 176 valence electrons. The number of hydrogen-bond donors (Lipinski definition) is 2. The molecular weight excluding hydrogens is 444 g/mol. The van der Waals surface area contributed by atoms with E-state index < -0.39 is 11.2 Å². The molecule has 8 heteroatoms. The van der Waals surface area contributed by atoms with Crippen LogP contribution in [0.15, 0.2) is 94.5 Å². The molecule has 0 bridgehead atoms. The second kappa shape index (κ2) is 9.82. The Kier molecular flexibility index (Phi) is 6.28. The Hall–Kier alpha value is -4.43. The van der Waals surface area contributed by atoms with Crippen LogP contribution in [0.3, 0.4) is 0 Å². The molecule has 0 saturated carbocycles. The molecule has 0 aliphatic carbocycles. The van der Waals surface area contributed by atoms with Crippen LogP contribution in [0.1, 0.15) is 11.1 Å². The summed E-state index contributed by atoms with van der Waals surface area (Å²) in [4.78, 5) is 32.7. The van der Waals surface area contributed by atoms with Crippen molar-refractivity contribution in [2.75, 3.05) is 6.61 Å². The number of aromatic amines is 1. The van der Waals surface area contributed by atoms with E-state index in [-0.39, 0.29) is 30.9 Å². The normalized spacial score (nSPS) is 11.1. The first-order valence-electron chi connectivity index (χ1n) is 11.3. The highest BCUT2D eigenvalue weighted by molar-refractivity contribution is 5.77. The second-order valence-corrected chi connectivity index (χ2v) is 8.12. The van der Waals surface area contributed by atoms with E-state index in [1.165, 1.54) is 4.57 Å². The standard InChI is InChI=1S/C27H24N4O4/c32-15-14-30-23-25(31(27(34)29-26(23)33)17-19-8-3-1-4-9-19)28-24(30)21-12-7-13-22(16-21)35-18-20-10-5-2-6-11-20/h1-13,16,32H,14-15,17-18H2,(H,29,33,34). The molecule has 0 atom stereocenters. The predicted molar refractivity (Wildman–Crippen MR) is 133 cm³/mol. The molecule has 8 nitrogen and oxygen atoms in total. The highest BCUT2D eigenvalue weighted by Crippen LogP contribution is 2.26. The maximum Gasteiger partial charge on any atom is 0.330 e. The molecule has 2 aromatic heterocycles. The number of hydrogen-bond acceptors (Lipinski definition) is 5. The SMILES string of the molecule is O=c1[nH]c(=O)n(Cc2ccccc2)c2nc(-c3cccc(OCc4ccccc4)c3)n(CCO)c12. The average Bonchev–Trinajstić information content (AvgIpc) is 3.27. The fourth-order valence-electron chi connectivity index (χ4n) is 4.09. The van der Waals surface area contributed by atoms with Crippen LogP contribution >= 0.6 is 0 Å². The zero-order valence-electron chi connectivity index (χ0n) is 18.9. The number of nitrogens with zero attached hydrogens (tertiary/aromatic N) is 3. The summed E-state index contributed by atoms with van der Waals surface area (Å²) in [5.41, 5.74) is 2.07. The number of rotatable bonds is 8. The largest absolute Gasteiger partial charge is 0.489 e. The minimum atomic E-state index is -0.544. The Morgan fingerprint density at radius 1 is 0.857 bits per heavy atom. The van der Waals surface area contributed by atoms with E-state index in [0.717, 1.165) is 11.1 Å². The minimum Gasteiger partial charge on any atom is -0.489 e. The summed E-state index contributed by atoms with van der Waals surface area (Å²) in [5, 5.41) is 9.73. The summed E-state index contributed by atoms with van der Waals surface area (Å²) in [6.45, 7) is 0.615. The molecule has 0 aliphatic rings. The molecule has 3 aromatic carbocycles. The molecule has 2 N–H and O–H groups in total. The number of ether oxygens (including phenoxy) is 1. The summed E-state index contributed by atoms with van der Waals surface area (Å²) in [7, 11) is 0. The van der Waals surface area contributed by atoms with Gasteiger partial charge in [-0.1, -0.05) is 72.8 Å². The molecule has 2 heterocycles. The monoisotopic (exact) mass is 468 g/mol. The highest BCUT2D eigenvalue weighted by atomic mass is 16.5. The Labute approximate surface area is 200 Å². The van der Waals surface area contributed by atoms with Crippen molar-refractivity contribution in [2.24, 2.45) is 0 Å². The van der Waals surface area contributed by atoms with E-state index in [1.807, 2.05) is 84.9 Å². The molecular formula is C27H24N4O4. The third-order valence-electron chi connectivity index (χ3n) is 5.73. The summed E-state index contributed by atoms with van der Waals surface area (Å²) >= 11 is 0. The van der Waals surface area contributed by atoms with Gasteiger partial charge in [0, 0.05) is 12.1 Å². The first-order chi connectivity index (χ1) is 17.1. The lowest BCUT2D eigenvalue weighted by molar-refractivity contribution is 0.278. The number of imidazole rings is 1. The van der Waals surface area contributed by atoms with E-state index in [0.29, 0.717) is 23.7 Å². The number of H-pyrrole nitrogens is 1. The number of aromatic nitrogens is 4. The first kappa shape index (κ1) is 22.4. The molecule has 0 radical (unpaired) electrons. The summed E-state index contributed by atoms with van der Waals surface area (Å²) < 4.78 is 9.05. The van der Waals surface area contributed by atoms with Crippen molar-refractivity contribution in [3.63, 3.8) is 0 Å². The van der Waals surface area contributed by atoms with Gasteiger partial charge in [-0.3, -0.25) is 14.3 Å². The number of aliphatic hydroxyl groups is 1. The van der Waals surface area contributed by atoms with Crippen LogP contribution in [-0.2, 0) is 19.7 Å². The van der Waals surface area contributed by atoms with Crippen LogP contribution < -0.4 is 16.0 Å². The lowest BCUT2D eigenvalue weighted by atomic mass is 10.2. The van der Waals surface area contributed by atoms with Crippen LogP contribution in [0, 0.1) is 0 Å². The summed E-state index contributed by atoms with van der Waals surface area (Å²) in [6.07, 6.45) is 0. The van der Waals surface area contributed by atoms with Crippen molar-refractivity contribution in [1.29, 1.82) is 0 Å². The van der Waals surface area contributed by atoms with Crippen LogP contribution in [0.25, 0.3) is 22.6 Å². The van der Waals surface area contributed by atoms with Crippen LogP contribution in [0.2, 0.25) is 0 Å². The summed E-state index contributed by atoms with van der Waals surface area (Å²) in [6, 6.07) is 26.7. The zero-order valence-corrected chi connectivity index (χ0v) is 18.9. The van der Waals surface area contributed by atoms with Gasteiger partial charge in [-0.25, -0.2) is 9.78 Å². The van der Waals surface area contributed by atoms with E-state index >= 15 is 0 Å². The fourth-order valence-corrected chi connectivity index (χ4v) is 4.09. The van der Waals surface area contributed by atoms with Gasteiger partial charge in [0.15, 0.2) is 11.2 Å². The molecule has 0 aliphatic heterocycles. The van der Waals surface area contributed by atoms with E-state index in [9.17, 15) is 14.7 Å². The molecule has 0 saturated heterocycles. The van der Waals surface area contributed by atoms with Gasteiger partial charge in [-0.15, -0.1) is 0 Å². The third kappa shape index (κ3) is 4.64. The zero-order chi connectivity index (χ0) is 24.2. The van der Waals surface area contributed by atoms with Crippen LogP contribution in [0.5, 0.6) is 5.75 Å². The second-order valence-electron chi connectivity index (χ2n) is 8.12. The quantitative estimate of drug-likeness (QED) is 0.364. The van der Waals surface area contributed by atoms with E-state index in [1.54, 1.807) is 4.57 Å². The molecule has 0 spiro atoms. The van der Waals surface area contributed by atoms with Gasteiger partial charge in [0.1, 0.15) is 18.2 Å². The van der Waals surface area contributed by atoms with Gasteiger partial charge < -0.3 is 14.4 Å². The number of benzene rings is 3. The number of fused-ring (bicyclic) bond motifs is 1. The molecule has 35 heavy (non-hydrogen) atoms. The fraction of sp³-hybridized carbons (Fsp3) is 0.148. The van der Waals surface area contributed by atoms with Crippen LogP contribution in [-0.4, -0.2) is 30.8 Å². The van der Waals surface area contributed by atoms with Gasteiger partial charge in [0.2, 0.25) is 0 Å². The lowest BCUT2D eigenvalue weighted by Gasteiger charge is -2.10. The molecule has 0 amide bonds. The van der Waals surface area contributed by atoms with E-state index in [2.05, 4.69) is 4.98 Å². The third-order valence-corrected chi connectivity index (χ3v) is 5.73. The van der Waals surface area contributed by atoms with Gasteiger partial charge in [-0.05, 0) is 23.3 Å². The summed E-state index contributed by atoms with van der Waals surface area (Å²) in [5.74, 6) is 1.11. The van der Waals surface area contributed by atoms with Gasteiger partial charge in [0.05, 0.1) is 13.2 Å². The van der Waals surface area contributed by atoms with E-state index in [4.69, 9.17) is 9.72 Å². The van der Waals surface area contributed by atoms with Gasteiger partial charge >= 0.3 is 5.69 Å². The topological polar surface area (TPSA) is 102 Å². The van der Waals surface area contributed by atoms with Crippen molar-refractivity contribution < 1.29 is 9.84 Å². The van der Waals surface area contributed by atoms with Gasteiger partial charge in [0.25, 0.3) is 5.56 Å². The Morgan fingerprint density at radius 2 is 1.57 bits per heavy atom. The molecule has 5 rings (SSSR count). The minimum absolute atomic E-state index is 0.146. The van der Waals surface area contributed by atoms with Crippen molar-refractivity contribution in [2.45, 2.75) is 19.7 Å². The number of nitrogens with one attached hydrogen (secondary N) is 1. The average molecular weight is 469 g/mol. The van der Waals surface area contributed by atoms with Gasteiger partial charge in [-0.2, -0.15) is 0 Å². The lowest BCUT2D eigenvalue weighted by Crippen LogP contribution is -2.31. The van der Waals surface area contributed by atoms with Crippen LogP contribution in [0.4, 0.5) is 0 Å². The predicted octanol–water partition coefficient (Wildman–Crippen LogP) is 3.17. The highest BCUT2D eigenvalue weighted by Gasteiger charge is 2.20. The van der Waals surface area contributed by atoms with Crippen molar-refractivity contribution in [3.8, 4) is 17.1 Å². The molecule has 0 fully saturated rings. The maximum atomic E-state index is 12.8. The Bertz CT molecular complexity index is 1570. The maximum absolute atomic E-state index is 12.8. The Morgan fingerprint density at radius 3 is 2.29 bits per heavy atom.